The number of carboxylic acids is 1. The Hall–Kier alpha value is -3.03. The predicted molar refractivity (Wildman–Crippen MR) is 77.9 cm³/mol. The summed E-state index contributed by atoms with van der Waals surface area (Å²) in [6.45, 7) is 5.00. The summed E-state index contributed by atoms with van der Waals surface area (Å²) in [5.74, 6) is -2.27. The first-order valence-corrected chi connectivity index (χ1v) is 6.25. The number of amides is 2. The second-order valence-corrected chi connectivity index (χ2v) is 4.33. The number of esters is 1. The number of benzene rings is 1. The molecule has 0 heterocycles. The summed E-state index contributed by atoms with van der Waals surface area (Å²) in [6.07, 6.45) is 0. The fourth-order valence-corrected chi connectivity index (χ4v) is 1.40. The van der Waals surface area contributed by atoms with Crippen LogP contribution in [0.15, 0.2) is 30.4 Å². The zero-order valence-corrected chi connectivity index (χ0v) is 11.9. The van der Waals surface area contributed by atoms with E-state index in [1.165, 1.54) is 19.1 Å². The smallest absolute Gasteiger partial charge is 0.339 e. The lowest BCUT2D eigenvalue weighted by atomic mass is 10.2. The number of aromatic carboxylic acids is 1. The molecule has 0 spiro atoms. The van der Waals surface area contributed by atoms with Gasteiger partial charge in [0.25, 0.3) is 0 Å². The maximum absolute atomic E-state index is 11.5. The van der Waals surface area contributed by atoms with Gasteiger partial charge >= 0.3 is 18.0 Å². The van der Waals surface area contributed by atoms with Crippen molar-refractivity contribution in [2.45, 2.75) is 6.92 Å². The van der Waals surface area contributed by atoms with Gasteiger partial charge in [-0.3, -0.25) is 0 Å². The summed E-state index contributed by atoms with van der Waals surface area (Å²) in [5.41, 5.74) is 0.218. The molecule has 8 nitrogen and oxygen atoms in total. The Balaban J connectivity index is 2.42. The van der Waals surface area contributed by atoms with Crippen LogP contribution in [0.1, 0.15) is 17.3 Å². The molecule has 0 radical (unpaired) electrons. The van der Waals surface area contributed by atoms with E-state index in [0.717, 1.165) is 6.07 Å². The van der Waals surface area contributed by atoms with Crippen LogP contribution in [0.2, 0.25) is 0 Å². The molecule has 22 heavy (non-hydrogen) atoms. The normalized spacial score (nSPS) is 9.68. The molecule has 0 unspecified atom stereocenters. The SMILES string of the molecule is C=C(C)C(=O)OCCNC(=O)Nc1ccc(C(=O)O)c(O)c1. The van der Waals surface area contributed by atoms with E-state index in [2.05, 4.69) is 17.2 Å². The second kappa shape index (κ2) is 7.67. The van der Waals surface area contributed by atoms with Gasteiger partial charge in [-0.2, -0.15) is 0 Å². The van der Waals surface area contributed by atoms with E-state index in [0.29, 0.717) is 0 Å². The molecule has 0 aliphatic heterocycles. The van der Waals surface area contributed by atoms with E-state index in [4.69, 9.17) is 9.84 Å². The summed E-state index contributed by atoms with van der Waals surface area (Å²) >= 11 is 0. The molecule has 118 valence electrons. The average Bonchev–Trinajstić information content (AvgIpc) is 2.42. The molecular weight excluding hydrogens is 292 g/mol. The van der Waals surface area contributed by atoms with E-state index >= 15 is 0 Å². The first-order chi connectivity index (χ1) is 10.3. The van der Waals surface area contributed by atoms with Gasteiger partial charge in [0.05, 0.1) is 6.54 Å². The first kappa shape index (κ1) is 17.0. The Kier molecular flexibility index (Phi) is 5.94. The van der Waals surface area contributed by atoms with E-state index in [-0.39, 0.29) is 30.0 Å². The quantitative estimate of drug-likeness (QED) is 0.357. The molecular formula is C14H16N2O6. The standard InChI is InChI=1S/C14H16N2O6/c1-8(2)13(20)22-6-5-15-14(21)16-9-3-4-10(12(18)19)11(17)7-9/h3-4,7,17H,1,5-6H2,2H3,(H,18,19)(H2,15,16,21). The minimum atomic E-state index is -1.27. The molecule has 0 aromatic heterocycles. The van der Waals surface area contributed by atoms with Crippen LogP contribution in [-0.2, 0) is 9.53 Å². The number of aromatic hydroxyl groups is 1. The Labute approximate surface area is 126 Å². The molecule has 0 fully saturated rings. The van der Waals surface area contributed by atoms with Crippen LogP contribution >= 0.6 is 0 Å². The number of phenols is 1. The third-order valence-corrected chi connectivity index (χ3v) is 2.46. The van der Waals surface area contributed by atoms with Gasteiger partial charge in [-0.25, -0.2) is 14.4 Å². The molecule has 4 N–H and O–H groups in total. The summed E-state index contributed by atoms with van der Waals surface area (Å²) in [4.78, 5) is 33.3. The summed E-state index contributed by atoms with van der Waals surface area (Å²) < 4.78 is 4.78. The van der Waals surface area contributed by atoms with Gasteiger partial charge in [-0.1, -0.05) is 6.58 Å². The van der Waals surface area contributed by atoms with Crippen LogP contribution < -0.4 is 10.6 Å². The lowest BCUT2D eigenvalue weighted by Crippen LogP contribution is -2.32. The highest BCUT2D eigenvalue weighted by Gasteiger charge is 2.11. The number of ether oxygens (including phenoxy) is 1. The van der Waals surface area contributed by atoms with Crippen molar-refractivity contribution in [1.29, 1.82) is 0 Å². The van der Waals surface area contributed by atoms with Crippen molar-refractivity contribution in [2.75, 3.05) is 18.5 Å². The maximum atomic E-state index is 11.5. The Morgan fingerprint density at radius 2 is 2.00 bits per heavy atom. The highest BCUT2D eigenvalue weighted by molar-refractivity contribution is 5.94. The number of urea groups is 1. The molecule has 0 atom stereocenters. The fourth-order valence-electron chi connectivity index (χ4n) is 1.40. The van der Waals surface area contributed by atoms with Crippen molar-refractivity contribution in [2.24, 2.45) is 0 Å². The molecule has 8 heteroatoms. The number of rotatable bonds is 6. The summed E-state index contributed by atoms with van der Waals surface area (Å²) in [6, 6.07) is 3.03. The molecule has 0 bridgehead atoms. The van der Waals surface area contributed by atoms with Gasteiger partial charge in [0.2, 0.25) is 0 Å². The zero-order valence-electron chi connectivity index (χ0n) is 11.9. The third-order valence-electron chi connectivity index (χ3n) is 2.46. The summed E-state index contributed by atoms with van der Waals surface area (Å²) in [7, 11) is 0. The molecule has 0 saturated carbocycles. The van der Waals surface area contributed by atoms with Gasteiger partial charge < -0.3 is 25.6 Å². The van der Waals surface area contributed by atoms with Crippen LogP contribution in [0.3, 0.4) is 0 Å². The average molecular weight is 308 g/mol. The fraction of sp³-hybridized carbons (Fsp3) is 0.214. The molecule has 0 saturated heterocycles. The Morgan fingerprint density at radius 1 is 1.32 bits per heavy atom. The second-order valence-electron chi connectivity index (χ2n) is 4.33. The molecule has 0 aliphatic carbocycles. The minimum Gasteiger partial charge on any atom is -0.507 e. The van der Waals surface area contributed by atoms with Gasteiger partial charge in [-0.15, -0.1) is 0 Å². The van der Waals surface area contributed by atoms with Crippen molar-refractivity contribution in [3.8, 4) is 5.75 Å². The maximum Gasteiger partial charge on any atom is 0.339 e. The number of nitrogens with one attached hydrogen (secondary N) is 2. The van der Waals surface area contributed by atoms with Gasteiger partial charge in [0.15, 0.2) is 0 Å². The van der Waals surface area contributed by atoms with Gasteiger partial charge in [0.1, 0.15) is 17.9 Å². The van der Waals surface area contributed by atoms with E-state index in [1.807, 2.05) is 0 Å². The van der Waals surface area contributed by atoms with Crippen molar-refractivity contribution < 1.29 is 29.3 Å². The molecule has 1 rings (SSSR count). The van der Waals surface area contributed by atoms with Crippen LogP contribution in [0.25, 0.3) is 0 Å². The van der Waals surface area contributed by atoms with Crippen molar-refractivity contribution in [3.05, 3.63) is 35.9 Å². The molecule has 0 aliphatic rings. The molecule has 1 aromatic rings. The minimum absolute atomic E-state index is 0.0116. The first-order valence-electron chi connectivity index (χ1n) is 6.25. The predicted octanol–water partition coefficient (Wildman–Crippen LogP) is 1.33. The van der Waals surface area contributed by atoms with Gasteiger partial charge in [-0.05, 0) is 19.1 Å². The van der Waals surface area contributed by atoms with E-state index < -0.39 is 23.7 Å². The number of hydrogen-bond donors (Lipinski definition) is 4. The van der Waals surface area contributed by atoms with Gasteiger partial charge in [0, 0.05) is 17.3 Å². The highest BCUT2D eigenvalue weighted by Crippen LogP contribution is 2.21. The van der Waals surface area contributed by atoms with Crippen LogP contribution in [-0.4, -0.2) is 41.3 Å². The third kappa shape index (κ3) is 5.16. The van der Waals surface area contributed by atoms with E-state index in [9.17, 15) is 19.5 Å². The number of carbonyl (C=O) groups excluding carboxylic acids is 2. The Morgan fingerprint density at radius 3 is 2.55 bits per heavy atom. The molecule has 1 aromatic carbocycles. The van der Waals surface area contributed by atoms with Crippen LogP contribution in [0, 0.1) is 0 Å². The lowest BCUT2D eigenvalue weighted by molar-refractivity contribution is -0.138. The number of carboxylic acid groups (broad SMARTS) is 1. The molecule has 2 amide bonds. The number of carbonyl (C=O) groups is 3. The topological polar surface area (TPSA) is 125 Å². The summed E-state index contributed by atoms with van der Waals surface area (Å²) in [5, 5.41) is 23.1. The number of anilines is 1. The largest absolute Gasteiger partial charge is 0.507 e. The highest BCUT2D eigenvalue weighted by atomic mass is 16.5. The van der Waals surface area contributed by atoms with Crippen LogP contribution in [0.5, 0.6) is 5.75 Å². The van der Waals surface area contributed by atoms with Crippen LogP contribution in [0.4, 0.5) is 10.5 Å². The van der Waals surface area contributed by atoms with Crippen molar-refractivity contribution in [3.63, 3.8) is 0 Å². The zero-order chi connectivity index (χ0) is 16.7. The van der Waals surface area contributed by atoms with Crippen molar-refractivity contribution in [1.82, 2.24) is 5.32 Å². The Bertz CT molecular complexity index is 611. The monoisotopic (exact) mass is 308 g/mol. The van der Waals surface area contributed by atoms with Crippen molar-refractivity contribution >= 4 is 23.7 Å². The lowest BCUT2D eigenvalue weighted by Gasteiger charge is -2.09. The van der Waals surface area contributed by atoms with E-state index in [1.54, 1.807) is 0 Å². The number of hydrogen-bond acceptors (Lipinski definition) is 5.